The van der Waals surface area contributed by atoms with Crippen molar-refractivity contribution in [2.45, 2.75) is 31.5 Å². The molecule has 3 rings (SSSR count). The van der Waals surface area contributed by atoms with E-state index in [0.717, 1.165) is 15.7 Å². The second-order valence-electron chi connectivity index (χ2n) is 6.07. The first-order chi connectivity index (χ1) is 12.6. The van der Waals surface area contributed by atoms with Crippen LogP contribution in [0.5, 0.6) is 0 Å². The molecule has 0 amide bonds. The van der Waals surface area contributed by atoms with Gasteiger partial charge in [0, 0.05) is 19.3 Å². The lowest BCUT2D eigenvalue weighted by molar-refractivity contribution is -0.146. The minimum Gasteiger partial charge on any atom is -0.304 e. The molecule has 0 aliphatic carbocycles. The maximum Gasteiger partial charge on any atom is 0.449 e. The maximum atomic E-state index is 13.2. The Morgan fingerprint density at radius 2 is 1.89 bits per heavy atom. The van der Waals surface area contributed by atoms with Gasteiger partial charge in [-0.15, -0.1) is 0 Å². The number of imidazole rings is 1. The Morgan fingerprint density at radius 3 is 2.56 bits per heavy atom. The van der Waals surface area contributed by atoms with Gasteiger partial charge in [0.2, 0.25) is 15.8 Å². The van der Waals surface area contributed by atoms with E-state index in [0.29, 0.717) is 0 Å². The van der Waals surface area contributed by atoms with E-state index in [2.05, 4.69) is 14.7 Å². The molecular weight excluding hydrogens is 381 g/mol. The van der Waals surface area contributed by atoms with Crippen molar-refractivity contribution in [2.75, 3.05) is 6.54 Å². The summed E-state index contributed by atoms with van der Waals surface area (Å²) < 4.78 is 67.7. The van der Waals surface area contributed by atoms with Gasteiger partial charge >= 0.3 is 6.18 Å². The van der Waals surface area contributed by atoms with E-state index in [4.69, 9.17) is 0 Å². The summed E-state index contributed by atoms with van der Waals surface area (Å²) in [7, 11) is -3.84. The summed E-state index contributed by atoms with van der Waals surface area (Å²) in [4.78, 5) is 7.57. The number of nitrogens with one attached hydrogen (secondary N) is 1. The number of aryl methyl sites for hydroxylation is 2. The number of aromatic nitrogens is 3. The van der Waals surface area contributed by atoms with Gasteiger partial charge < -0.3 is 4.57 Å². The number of fused-ring (bicyclic) bond motifs is 1. The Bertz CT molecular complexity index is 1090. The number of rotatable bonds is 5. The van der Waals surface area contributed by atoms with Crippen LogP contribution in [-0.2, 0) is 22.7 Å². The zero-order valence-electron chi connectivity index (χ0n) is 14.6. The van der Waals surface area contributed by atoms with Gasteiger partial charge in [-0.05, 0) is 49.2 Å². The largest absolute Gasteiger partial charge is 0.449 e. The number of pyridine rings is 1. The quantitative estimate of drug-likeness (QED) is 0.717. The van der Waals surface area contributed by atoms with E-state index < -0.39 is 22.0 Å². The molecule has 27 heavy (non-hydrogen) atoms. The number of hydrogen-bond donors (Lipinski definition) is 1. The highest BCUT2D eigenvalue weighted by Crippen LogP contribution is 2.30. The van der Waals surface area contributed by atoms with Gasteiger partial charge in [-0.25, -0.2) is 23.1 Å². The number of benzene rings is 1. The second kappa shape index (κ2) is 6.93. The molecule has 2 heterocycles. The molecule has 144 valence electrons. The Kier molecular flexibility index (Phi) is 4.96. The molecule has 0 atom stereocenters. The predicted molar refractivity (Wildman–Crippen MR) is 93.6 cm³/mol. The molecule has 1 aromatic carbocycles. The van der Waals surface area contributed by atoms with E-state index in [1.54, 1.807) is 13.0 Å². The van der Waals surface area contributed by atoms with E-state index in [1.807, 2.05) is 6.92 Å². The Labute approximate surface area is 154 Å². The molecule has 1 N–H and O–H groups in total. The van der Waals surface area contributed by atoms with Crippen molar-refractivity contribution < 1.29 is 21.6 Å². The number of nitrogens with zero attached hydrogens (tertiary/aromatic N) is 3. The summed E-state index contributed by atoms with van der Waals surface area (Å²) >= 11 is 0. The summed E-state index contributed by atoms with van der Waals surface area (Å²) in [6.45, 7) is 3.15. The lowest BCUT2D eigenvalue weighted by Crippen LogP contribution is -2.29. The number of halogens is 3. The highest BCUT2D eigenvalue weighted by Gasteiger charge is 2.37. The first-order valence-corrected chi connectivity index (χ1v) is 9.53. The Balaban J connectivity index is 1.84. The van der Waals surface area contributed by atoms with Crippen molar-refractivity contribution in [3.63, 3.8) is 0 Å². The van der Waals surface area contributed by atoms with Crippen LogP contribution >= 0.6 is 0 Å². The fourth-order valence-corrected chi connectivity index (χ4v) is 3.75. The molecular formula is C17H17F3N4O2S. The van der Waals surface area contributed by atoms with Crippen molar-refractivity contribution >= 4 is 21.2 Å². The third-order valence-electron chi connectivity index (χ3n) is 4.17. The average Bonchev–Trinajstić information content (AvgIpc) is 2.96. The highest BCUT2D eigenvalue weighted by atomic mass is 32.2. The van der Waals surface area contributed by atoms with Crippen LogP contribution in [0.4, 0.5) is 13.2 Å². The van der Waals surface area contributed by atoms with Gasteiger partial charge in [0.1, 0.15) is 5.52 Å². The van der Waals surface area contributed by atoms with Gasteiger partial charge in [-0.2, -0.15) is 13.2 Å². The van der Waals surface area contributed by atoms with E-state index in [1.165, 1.54) is 30.5 Å². The van der Waals surface area contributed by atoms with Crippen LogP contribution < -0.4 is 4.72 Å². The van der Waals surface area contributed by atoms with Crippen molar-refractivity contribution in [1.29, 1.82) is 0 Å². The van der Waals surface area contributed by atoms with Crippen molar-refractivity contribution in [3.05, 3.63) is 53.5 Å². The third kappa shape index (κ3) is 3.96. The van der Waals surface area contributed by atoms with Crippen LogP contribution in [0, 0.1) is 13.8 Å². The van der Waals surface area contributed by atoms with Crippen LogP contribution in [0.3, 0.4) is 0 Å². The summed E-state index contributed by atoms with van der Waals surface area (Å²) in [5.74, 6) is -1.11. The minimum absolute atomic E-state index is 0.0511. The molecule has 0 spiro atoms. The van der Waals surface area contributed by atoms with Crippen LogP contribution in [0.2, 0.25) is 0 Å². The molecule has 0 radical (unpaired) electrons. The molecule has 0 fully saturated rings. The molecule has 0 aliphatic rings. The van der Waals surface area contributed by atoms with E-state index in [9.17, 15) is 21.6 Å². The molecule has 6 nitrogen and oxygen atoms in total. The maximum absolute atomic E-state index is 13.2. The van der Waals surface area contributed by atoms with Crippen LogP contribution in [0.1, 0.15) is 17.0 Å². The molecule has 0 bridgehead atoms. The standard InChI is InChI=1S/C17H17F3N4O2S/c1-11-5-6-13(10-12(11)2)27(25,26)22-8-9-24-15-14(4-3-7-21-15)23-16(24)17(18,19)20/h3-7,10,22H,8-9H2,1-2H3. The van der Waals surface area contributed by atoms with Crippen molar-refractivity contribution in [1.82, 2.24) is 19.3 Å². The highest BCUT2D eigenvalue weighted by molar-refractivity contribution is 7.89. The lowest BCUT2D eigenvalue weighted by Gasteiger charge is -2.12. The zero-order valence-corrected chi connectivity index (χ0v) is 15.4. The zero-order chi connectivity index (χ0) is 19.8. The van der Waals surface area contributed by atoms with Crippen LogP contribution in [-0.4, -0.2) is 29.5 Å². The summed E-state index contributed by atoms with van der Waals surface area (Å²) in [6, 6.07) is 7.57. The molecule has 10 heteroatoms. The Morgan fingerprint density at radius 1 is 1.15 bits per heavy atom. The van der Waals surface area contributed by atoms with Crippen molar-refractivity contribution in [3.8, 4) is 0 Å². The molecule has 0 unspecified atom stereocenters. The second-order valence-corrected chi connectivity index (χ2v) is 7.84. The van der Waals surface area contributed by atoms with Gasteiger partial charge in [0.15, 0.2) is 5.65 Å². The van der Waals surface area contributed by atoms with Gasteiger partial charge in [-0.3, -0.25) is 0 Å². The Hall–Kier alpha value is -2.46. The number of hydrogen-bond acceptors (Lipinski definition) is 4. The first kappa shape index (κ1) is 19.3. The normalized spacial score (nSPS) is 12.6. The lowest BCUT2D eigenvalue weighted by atomic mass is 10.1. The third-order valence-corrected chi connectivity index (χ3v) is 5.63. The SMILES string of the molecule is Cc1ccc(S(=O)(=O)NCCn2c(C(F)(F)F)nc3cccnc32)cc1C. The number of sulfonamides is 1. The van der Waals surface area contributed by atoms with E-state index in [-0.39, 0.29) is 29.1 Å². The molecule has 0 saturated carbocycles. The monoisotopic (exact) mass is 398 g/mol. The molecule has 0 aliphatic heterocycles. The van der Waals surface area contributed by atoms with Gasteiger partial charge in [-0.1, -0.05) is 6.07 Å². The smallest absolute Gasteiger partial charge is 0.304 e. The summed E-state index contributed by atoms with van der Waals surface area (Å²) in [6.07, 6.45) is -3.31. The van der Waals surface area contributed by atoms with E-state index >= 15 is 0 Å². The first-order valence-electron chi connectivity index (χ1n) is 8.05. The average molecular weight is 398 g/mol. The molecule has 3 aromatic rings. The number of alkyl halides is 3. The van der Waals surface area contributed by atoms with Gasteiger partial charge in [0.05, 0.1) is 4.90 Å². The fourth-order valence-electron chi connectivity index (χ4n) is 2.64. The summed E-state index contributed by atoms with van der Waals surface area (Å²) in [5, 5.41) is 0. The topological polar surface area (TPSA) is 76.9 Å². The van der Waals surface area contributed by atoms with Crippen LogP contribution in [0.25, 0.3) is 11.2 Å². The van der Waals surface area contributed by atoms with Crippen molar-refractivity contribution in [2.24, 2.45) is 0 Å². The predicted octanol–water partition coefficient (Wildman–Crippen LogP) is 3.05. The minimum atomic E-state index is -4.67. The molecule has 0 saturated heterocycles. The van der Waals surface area contributed by atoms with Gasteiger partial charge in [0.25, 0.3) is 0 Å². The molecule has 2 aromatic heterocycles. The fraction of sp³-hybridized carbons (Fsp3) is 0.294. The van der Waals surface area contributed by atoms with Crippen LogP contribution in [0.15, 0.2) is 41.4 Å². The summed E-state index contributed by atoms with van der Waals surface area (Å²) in [5.41, 5.74) is 1.90.